The maximum absolute atomic E-state index is 12.9. The molecule has 0 fully saturated rings. The van der Waals surface area contributed by atoms with Crippen molar-refractivity contribution in [2.45, 2.75) is 244 Å². The molecule has 1 amide bonds. The third-order valence-corrected chi connectivity index (χ3v) is 12.6. The molecule has 64 heavy (non-hydrogen) atoms. The molecule has 0 aromatic rings. The fourth-order valence-electron chi connectivity index (χ4n) is 7.45. The molecule has 8 nitrogen and oxygen atoms in total. The van der Waals surface area contributed by atoms with Crippen LogP contribution in [0.5, 0.6) is 0 Å². The number of allylic oxidation sites excluding steroid dienone is 9. The highest BCUT2D eigenvalue weighted by Crippen LogP contribution is 2.38. The van der Waals surface area contributed by atoms with Crippen LogP contribution < -0.4 is 10.2 Å². The quantitative estimate of drug-likeness (QED) is 0.0272. The van der Waals surface area contributed by atoms with Crippen molar-refractivity contribution < 1.29 is 32.9 Å². The smallest absolute Gasteiger partial charge is 0.268 e. The first-order chi connectivity index (χ1) is 31.0. The molecule has 0 rings (SSSR count). The Hall–Kier alpha value is -1.80. The Kier molecular flexibility index (Phi) is 45.0. The predicted molar refractivity (Wildman–Crippen MR) is 274 cm³/mol. The van der Waals surface area contributed by atoms with Crippen molar-refractivity contribution in [2.75, 3.05) is 40.9 Å². The molecule has 0 radical (unpaired) electrons. The van der Waals surface area contributed by atoms with Crippen LogP contribution in [-0.4, -0.2) is 68.5 Å². The fraction of sp³-hybridized carbons (Fsp3) is 0.800. The SMILES string of the molecule is CCCCCCCCCCC/C=C\C/C=C\CCCCCCCCCC(=O)NC(COP(=O)([O-])OCC[N+](C)(C)C)C(O)/C=C/CC/C=C/CC/C=C/CCCCCCCCCCC. The monoisotopic (exact) mass is 919 g/mol. The van der Waals surface area contributed by atoms with Gasteiger partial charge >= 0.3 is 0 Å². The Labute approximate surface area is 396 Å². The van der Waals surface area contributed by atoms with Crippen LogP contribution in [0.1, 0.15) is 232 Å². The lowest BCUT2D eigenvalue weighted by Crippen LogP contribution is -2.45. The normalized spacial score (nSPS) is 14.5. The fourth-order valence-corrected chi connectivity index (χ4v) is 8.17. The molecule has 9 heteroatoms. The van der Waals surface area contributed by atoms with Gasteiger partial charge in [-0.3, -0.25) is 9.36 Å². The van der Waals surface area contributed by atoms with Crippen LogP contribution in [0.2, 0.25) is 0 Å². The summed E-state index contributed by atoms with van der Waals surface area (Å²) in [5, 5.41) is 13.8. The van der Waals surface area contributed by atoms with E-state index in [0.29, 0.717) is 17.4 Å². The number of phosphoric ester groups is 1. The van der Waals surface area contributed by atoms with Crippen LogP contribution in [0.15, 0.2) is 60.8 Å². The Morgan fingerprint density at radius 3 is 1.36 bits per heavy atom. The Morgan fingerprint density at radius 2 is 0.922 bits per heavy atom. The number of aliphatic hydroxyl groups excluding tert-OH is 1. The summed E-state index contributed by atoms with van der Waals surface area (Å²) in [6, 6.07) is -0.916. The molecule has 3 unspecified atom stereocenters. The number of hydrogen-bond acceptors (Lipinski definition) is 6. The Bertz CT molecular complexity index is 1230. The number of unbranched alkanes of at least 4 members (excludes halogenated alkanes) is 27. The van der Waals surface area contributed by atoms with E-state index in [9.17, 15) is 19.4 Å². The summed E-state index contributed by atoms with van der Waals surface area (Å²) < 4.78 is 23.3. The molecule has 2 N–H and O–H groups in total. The molecule has 0 saturated carbocycles. The van der Waals surface area contributed by atoms with E-state index >= 15 is 0 Å². The van der Waals surface area contributed by atoms with Gasteiger partial charge in [0.05, 0.1) is 39.9 Å². The van der Waals surface area contributed by atoms with Gasteiger partial charge in [0.25, 0.3) is 7.82 Å². The van der Waals surface area contributed by atoms with Crippen molar-refractivity contribution in [1.29, 1.82) is 0 Å². The molecule has 0 aliphatic rings. The van der Waals surface area contributed by atoms with E-state index in [1.165, 1.54) is 148 Å². The van der Waals surface area contributed by atoms with Gasteiger partial charge in [0, 0.05) is 6.42 Å². The van der Waals surface area contributed by atoms with E-state index in [4.69, 9.17) is 9.05 Å². The summed E-state index contributed by atoms with van der Waals surface area (Å²) in [4.78, 5) is 25.4. The first-order valence-electron chi connectivity index (χ1n) is 26.7. The number of aliphatic hydroxyl groups is 1. The Morgan fingerprint density at radius 1 is 0.547 bits per heavy atom. The van der Waals surface area contributed by atoms with Crippen molar-refractivity contribution >= 4 is 13.7 Å². The zero-order chi connectivity index (χ0) is 47.1. The van der Waals surface area contributed by atoms with E-state index in [2.05, 4.69) is 67.8 Å². The number of nitrogens with zero attached hydrogens (tertiary/aromatic N) is 1. The van der Waals surface area contributed by atoms with E-state index in [1.54, 1.807) is 6.08 Å². The Balaban J connectivity index is 4.37. The molecule has 0 saturated heterocycles. The lowest BCUT2D eigenvalue weighted by Gasteiger charge is -2.29. The third kappa shape index (κ3) is 48.1. The van der Waals surface area contributed by atoms with Gasteiger partial charge in [0.1, 0.15) is 13.2 Å². The van der Waals surface area contributed by atoms with Crippen LogP contribution >= 0.6 is 7.82 Å². The van der Waals surface area contributed by atoms with Gasteiger partial charge in [-0.05, 0) is 77.0 Å². The van der Waals surface area contributed by atoms with Crippen molar-refractivity contribution in [3.8, 4) is 0 Å². The number of quaternary nitrogens is 1. The van der Waals surface area contributed by atoms with E-state index in [0.717, 1.165) is 64.2 Å². The van der Waals surface area contributed by atoms with Gasteiger partial charge in [0.2, 0.25) is 5.91 Å². The van der Waals surface area contributed by atoms with Gasteiger partial charge in [-0.25, -0.2) is 0 Å². The first-order valence-corrected chi connectivity index (χ1v) is 28.1. The third-order valence-electron chi connectivity index (χ3n) is 11.7. The molecule has 0 heterocycles. The second-order valence-corrected chi connectivity index (χ2v) is 20.6. The topological polar surface area (TPSA) is 108 Å². The van der Waals surface area contributed by atoms with Crippen LogP contribution in [-0.2, 0) is 18.4 Å². The number of amides is 1. The summed E-state index contributed by atoms with van der Waals surface area (Å²) in [5.41, 5.74) is 0. The predicted octanol–water partition coefficient (Wildman–Crippen LogP) is 15.1. The lowest BCUT2D eigenvalue weighted by atomic mass is 10.1. The first kappa shape index (κ1) is 62.2. The van der Waals surface area contributed by atoms with Gasteiger partial charge in [0.15, 0.2) is 0 Å². The molecule has 0 aliphatic heterocycles. The molecular formula is C55H103N2O6P. The number of nitrogens with one attached hydrogen (secondary N) is 1. The lowest BCUT2D eigenvalue weighted by molar-refractivity contribution is -0.870. The summed E-state index contributed by atoms with van der Waals surface area (Å²) in [6.07, 6.45) is 61.4. The minimum atomic E-state index is -4.61. The second-order valence-electron chi connectivity index (χ2n) is 19.2. The highest BCUT2D eigenvalue weighted by molar-refractivity contribution is 7.45. The number of phosphoric acid groups is 1. The molecule has 0 aliphatic carbocycles. The number of hydrogen-bond donors (Lipinski definition) is 2. The molecule has 0 bridgehead atoms. The van der Waals surface area contributed by atoms with Crippen molar-refractivity contribution in [2.24, 2.45) is 0 Å². The number of likely N-dealkylation sites (N-methyl/N-ethyl adjacent to an activating group) is 1. The standard InChI is InChI=1S/C55H103N2O6P/c1-6-8-10-12-14-16-18-20-22-24-26-27-28-29-31-33-35-37-39-41-43-45-47-49-55(59)56-53(52-63-64(60,61)62-51-50-57(3,4)5)54(58)48-46-44-42-40-38-36-34-32-30-25-23-21-19-17-15-13-11-9-7-2/h26-27,29-32,38,40,46,48,53-54,58H,6-25,28,33-37,39,41-45,47,49-52H2,1-5H3,(H-,56,59,60,61)/b27-26-,31-29-,32-30+,40-38+,48-46+. The number of carbonyl (C=O) groups is 1. The zero-order valence-electron chi connectivity index (χ0n) is 42.5. The second kappa shape index (κ2) is 46.3. The minimum Gasteiger partial charge on any atom is -0.756 e. The summed E-state index contributed by atoms with van der Waals surface area (Å²) in [7, 11) is 1.23. The zero-order valence-corrected chi connectivity index (χ0v) is 43.4. The highest BCUT2D eigenvalue weighted by Gasteiger charge is 2.23. The van der Waals surface area contributed by atoms with Crippen molar-refractivity contribution in [1.82, 2.24) is 5.32 Å². The summed E-state index contributed by atoms with van der Waals surface area (Å²) in [6.45, 7) is 4.62. The minimum absolute atomic E-state index is 0.0126. The maximum atomic E-state index is 12.9. The molecule has 374 valence electrons. The maximum Gasteiger partial charge on any atom is 0.268 e. The van der Waals surface area contributed by atoms with E-state index in [1.807, 2.05) is 27.2 Å². The van der Waals surface area contributed by atoms with Gasteiger partial charge in [-0.1, -0.05) is 209 Å². The van der Waals surface area contributed by atoms with Crippen LogP contribution in [0.4, 0.5) is 0 Å². The average molecular weight is 919 g/mol. The summed E-state index contributed by atoms with van der Waals surface area (Å²) >= 11 is 0. The molecule has 0 aromatic heterocycles. The molecule has 0 spiro atoms. The van der Waals surface area contributed by atoms with Gasteiger partial charge < -0.3 is 28.8 Å². The van der Waals surface area contributed by atoms with Gasteiger partial charge in [-0.2, -0.15) is 0 Å². The highest BCUT2D eigenvalue weighted by atomic mass is 31.2. The average Bonchev–Trinajstić information content (AvgIpc) is 3.25. The van der Waals surface area contributed by atoms with Crippen molar-refractivity contribution in [3.05, 3.63) is 60.8 Å². The number of rotatable bonds is 48. The van der Waals surface area contributed by atoms with Crippen LogP contribution in [0, 0.1) is 0 Å². The van der Waals surface area contributed by atoms with E-state index in [-0.39, 0.29) is 12.5 Å². The number of carbonyl (C=O) groups excluding carboxylic acids is 1. The van der Waals surface area contributed by atoms with E-state index < -0.39 is 26.6 Å². The van der Waals surface area contributed by atoms with Crippen LogP contribution in [0.25, 0.3) is 0 Å². The molecular weight excluding hydrogens is 816 g/mol. The molecule has 3 atom stereocenters. The summed E-state index contributed by atoms with van der Waals surface area (Å²) in [5.74, 6) is -0.219. The van der Waals surface area contributed by atoms with Gasteiger partial charge in [-0.15, -0.1) is 0 Å². The van der Waals surface area contributed by atoms with Crippen LogP contribution in [0.3, 0.4) is 0 Å². The largest absolute Gasteiger partial charge is 0.756 e. The molecule has 0 aromatic carbocycles. The van der Waals surface area contributed by atoms with Crippen molar-refractivity contribution in [3.63, 3.8) is 0 Å².